The smallest absolute Gasteiger partial charge is 0.123 e. The first-order valence-corrected chi connectivity index (χ1v) is 10.9. The molecule has 1 heterocycles. The highest BCUT2D eigenvalue weighted by molar-refractivity contribution is 7.99. The fourth-order valence-corrected chi connectivity index (χ4v) is 5.61. The molecule has 1 unspecified atom stereocenters. The molecule has 1 aliphatic rings. The molecule has 2 aromatic rings. The predicted molar refractivity (Wildman–Crippen MR) is 117 cm³/mol. The van der Waals surface area contributed by atoms with E-state index >= 15 is 0 Å². The molecule has 0 aliphatic carbocycles. The quantitative estimate of drug-likeness (QED) is 0.613. The highest BCUT2D eigenvalue weighted by Crippen LogP contribution is 2.51. The average Bonchev–Trinajstić information content (AvgIpc) is 2.88. The molecule has 0 aromatic heterocycles. The van der Waals surface area contributed by atoms with Gasteiger partial charge in [0, 0.05) is 31.9 Å². The van der Waals surface area contributed by atoms with Gasteiger partial charge in [-0.25, -0.2) is 4.39 Å². The van der Waals surface area contributed by atoms with Gasteiger partial charge < -0.3 is 9.84 Å². The first kappa shape index (κ1) is 23.4. The predicted octanol–water partition coefficient (Wildman–Crippen LogP) is 6.09. The van der Waals surface area contributed by atoms with Crippen LogP contribution in [0.5, 0.6) is 5.75 Å². The van der Waals surface area contributed by atoms with Crippen LogP contribution in [0.4, 0.5) is 4.39 Å². The van der Waals surface area contributed by atoms with Crippen molar-refractivity contribution < 1.29 is 14.2 Å². The Kier molecular flexibility index (Phi) is 8.65. The van der Waals surface area contributed by atoms with Crippen LogP contribution in [-0.2, 0) is 0 Å². The zero-order chi connectivity index (χ0) is 21.4. The van der Waals surface area contributed by atoms with E-state index in [9.17, 15) is 9.50 Å². The summed E-state index contributed by atoms with van der Waals surface area (Å²) >= 11 is 1.83. The first-order valence-electron chi connectivity index (χ1n) is 9.95. The fraction of sp³-hybridized carbons (Fsp3) is 0.478. The molecule has 1 N–H and O–H groups in total. The van der Waals surface area contributed by atoms with Crippen LogP contribution >= 0.6 is 11.8 Å². The molecule has 158 valence electrons. The highest BCUT2D eigenvalue weighted by atomic mass is 32.2. The van der Waals surface area contributed by atoms with E-state index in [4.69, 9.17) is 14.7 Å². The van der Waals surface area contributed by atoms with Crippen molar-refractivity contribution in [2.75, 3.05) is 12.9 Å². The third-order valence-electron chi connectivity index (χ3n) is 5.97. The van der Waals surface area contributed by atoms with Gasteiger partial charge in [-0.15, -0.1) is 11.8 Å². The van der Waals surface area contributed by atoms with Crippen molar-refractivity contribution in [3.05, 3.63) is 69.3 Å². The Morgan fingerprint density at radius 1 is 1.17 bits per heavy atom. The molecule has 0 radical (unpaired) electrons. The second kappa shape index (κ2) is 10.7. The largest absolute Gasteiger partial charge is 0.497 e. The molecule has 29 heavy (non-hydrogen) atoms. The lowest BCUT2D eigenvalue weighted by atomic mass is 9.69. The van der Waals surface area contributed by atoms with Crippen LogP contribution in [-0.4, -0.2) is 24.1 Å². The molecule has 3 atom stereocenters. The van der Waals surface area contributed by atoms with E-state index in [2.05, 4.69) is 19.9 Å². The molecule has 0 saturated carbocycles. The molecule has 0 spiro atoms. The Morgan fingerprint density at radius 3 is 2.45 bits per heavy atom. The minimum absolute atomic E-state index is 0.161. The molecule has 0 bridgehead atoms. The van der Waals surface area contributed by atoms with Crippen molar-refractivity contribution in [1.29, 1.82) is 0 Å². The molecule has 1 aliphatic heterocycles. The SMILES string of the molecule is CCCC[C@]1(CC)CSc2ccc(OC)cc2[C@@H](c2ccc(F)cc2)C1O.O=O. The van der Waals surface area contributed by atoms with Gasteiger partial charge in [0.05, 0.1) is 13.2 Å². The third-order valence-corrected chi connectivity index (χ3v) is 7.37. The standard InChI is InChI=1S/C23H29FO2S.O2/c1-4-6-13-23(5-2)15-27-20-12-11-18(26-3)14-19(20)21(22(23)25)16-7-9-17(24)10-8-16;1-2/h7-12,14,21-22,25H,4-6,13,15H2,1-3H3;/t21-,22?,23-;/m1./s1. The molecule has 0 fully saturated rings. The van der Waals surface area contributed by atoms with Crippen LogP contribution in [0.25, 0.3) is 0 Å². The Bertz CT molecular complexity index is 783. The number of hydrogen-bond donors (Lipinski definition) is 1. The lowest BCUT2D eigenvalue weighted by Crippen LogP contribution is -2.40. The minimum atomic E-state index is -0.527. The molecular weight excluding hydrogens is 391 g/mol. The summed E-state index contributed by atoms with van der Waals surface area (Å²) in [6.45, 7) is 4.37. The Labute approximate surface area is 176 Å². The number of unbranched alkanes of at least 4 members (excludes halogenated alkanes) is 1. The van der Waals surface area contributed by atoms with E-state index in [1.54, 1.807) is 7.11 Å². The molecule has 2 aromatic carbocycles. The van der Waals surface area contributed by atoms with Crippen molar-refractivity contribution in [2.45, 2.75) is 56.4 Å². The second-order valence-electron chi connectivity index (χ2n) is 7.49. The van der Waals surface area contributed by atoms with Crippen molar-refractivity contribution >= 4 is 11.8 Å². The normalized spacial score (nSPS) is 23.3. The summed E-state index contributed by atoms with van der Waals surface area (Å²) in [4.78, 5) is 15.2. The fourth-order valence-electron chi connectivity index (χ4n) is 4.13. The highest BCUT2D eigenvalue weighted by Gasteiger charge is 2.44. The maximum Gasteiger partial charge on any atom is 0.123 e. The summed E-state index contributed by atoms with van der Waals surface area (Å²) in [5, 5.41) is 11.7. The van der Waals surface area contributed by atoms with Crippen LogP contribution in [0.2, 0.25) is 0 Å². The Morgan fingerprint density at radius 2 is 1.86 bits per heavy atom. The summed E-state index contributed by atoms with van der Waals surface area (Å²) in [7, 11) is 1.66. The summed E-state index contributed by atoms with van der Waals surface area (Å²) in [6.07, 6.45) is 3.60. The van der Waals surface area contributed by atoms with Gasteiger partial charge in [-0.3, -0.25) is 0 Å². The molecule has 0 saturated heterocycles. The van der Waals surface area contributed by atoms with Crippen molar-refractivity contribution in [1.82, 2.24) is 0 Å². The number of thioether (sulfide) groups is 1. The third kappa shape index (κ3) is 4.98. The summed E-state index contributed by atoms with van der Waals surface area (Å²) in [5.41, 5.74) is 1.87. The number of methoxy groups -OCH3 is 1. The van der Waals surface area contributed by atoms with Gasteiger partial charge in [-0.1, -0.05) is 38.8 Å². The maximum atomic E-state index is 13.5. The topological polar surface area (TPSA) is 63.6 Å². The van der Waals surface area contributed by atoms with Crippen molar-refractivity contribution in [3.63, 3.8) is 0 Å². The number of ether oxygens (including phenoxy) is 1. The van der Waals surface area contributed by atoms with Gasteiger partial charge in [0.1, 0.15) is 11.6 Å². The molecule has 4 nitrogen and oxygen atoms in total. The van der Waals surface area contributed by atoms with Crippen LogP contribution in [0, 0.1) is 21.2 Å². The van der Waals surface area contributed by atoms with Gasteiger partial charge in [-0.2, -0.15) is 0 Å². The van der Waals surface area contributed by atoms with Crippen LogP contribution in [0.15, 0.2) is 47.4 Å². The molecule has 0 amide bonds. The number of benzene rings is 2. The van der Waals surface area contributed by atoms with E-state index in [1.165, 1.54) is 17.0 Å². The van der Waals surface area contributed by atoms with E-state index in [-0.39, 0.29) is 17.2 Å². The number of aliphatic hydroxyl groups is 1. The average molecular weight is 421 g/mol. The van der Waals surface area contributed by atoms with Crippen molar-refractivity contribution in [2.24, 2.45) is 5.41 Å². The summed E-state index contributed by atoms with van der Waals surface area (Å²) < 4.78 is 19.0. The lowest BCUT2D eigenvalue weighted by Gasteiger charge is -2.39. The van der Waals surface area contributed by atoms with Gasteiger partial charge >= 0.3 is 0 Å². The number of fused-ring (bicyclic) bond motifs is 1. The Balaban J connectivity index is 0.00000145. The van der Waals surface area contributed by atoms with E-state index < -0.39 is 6.10 Å². The number of hydrogen-bond acceptors (Lipinski definition) is 5. The van der Waals surface area contributed by atoms with Crippen LogP contribution in [0.3, 0.4) is 0 Å². The number of halogens is 1. The van der Waals surface area contributed by atoms with E-state index in [0.717, 1.165) is 48.3 Å². The molecular formula is C23H29FO4S. The van der Waals surface area contributed by atoms with Crippen LogP contribution in [0.1, 0.15) is 56.6 Å². The van der Waals surface area contributed by atoms with Gasteiger partial charge in [0.15, 0.2) is 0 Å². The minimum Gasteiger partial charge on any atom is -0.497 e. The van der Waals surface area contributed by atoms with Gasteiger partial charge in [0.25, 0.3) is 0 Å². The second-order valence-corrected chi connectivity index (χ2v) is 8.50. The molecule has 6 heteroatoms. The zero-order valence-corrected chi connectivity index (χ0v) is 18.0. The summed E-state index contributed by atoms with van der Waals surface area (Å²) in [6, 6.07) is 12.7. The first-order chi connectivity index (χ1) is 14.0. The van der Waals surface area contributed by atoms with Crippen molar-refractivity contribution in [3.8, 4) is 5.75 Å². The number of aliphatic hydroxyl groups excluding tert-OH is 1. The Hall–Kier alpha value is -1.92. The lowest BCUT2D eigenvalue weighted by molar-refractivity contribution is 0.0182. The molecule has 3 rings (SSSR count). The van der Waals surface area contributed by atoms with Crippen LogP contribution < -0.4 is 4.74 Å². The van der Waals surface area contributed by atoms with E-state index in [0.29, 0.717) is 0 Å². The van der Waals surface area contributed by atoms with Gasteiger partial charge in [-0.05, 0) is 54.3 Å². The zero-order valence-electron chi connectivity index (χ0n) is 17.2. The monoisotopic (exact) mass is 420 g/mol. The summed E-state index contributed by atoms with van der Waals surface area (Å²) in [5.74, 6) is 1.23. The maximum absolute atomic E-state index is 13.5. The van der Waals surface area contributed by atoms with E-state index in [1.807, 2.05) is 36.0 Å². The van der Waals surface area contributed by atoms with Gasteiger partial charge in [0.2, 0.25) is 0 Å². The number of rotatable bonds is 6.